The predicted molar refractivity (Wildman–Crippen MR) is 88.4 cm³/mol. The molecule has 114 valence electrons. The van der Waals surface area contributed by atoms with Crippen molar-refractivity contribution < 1.29 is 0 Å². The second-order valence-corrected chi connectivity index (χ2v) is 8.65. The Morgan fingerprint density at radius 3 is 2.05 bits per heavy atom. The molecular formula is C19H26ClN. The Bertz CT molecular complexity index is 472. The number of halogens is 1. The molecule has 4 aliphatic rings. The van der Waals surface area contributed by atoms with Gasteiger partial charge in [0.15, 0.2) is 0 Å². The zero-order chi connectivity index (χ0) is 14.4. The van der Waals surface area contributed by atoms with Gasteiger partial charge in [0.1, 0.15) is 0 Å². The third-order valence-corrected chi connectivity index (χ3v) is 6.39. The summed E-state index contributed by atoms with van der Waals surface area (Å²) < 4.78 is 0. The van der Waals surface area contributed by atoms with E-state index in [1.807, 2.05) is 12.1 Å². The van der Waals surface area contributed by atoms with Gasteiger partial charge in [0.05, 0.1) is 0 Å². The van der Waals surface area contributed by atoms with Gasteiger partial charge in [-0.2, -0.15) is 0 Å². The zero-order valence-electron chi connectivity index (χ0n) is 13.0. The van der Waals surface area contributed by atoms with E-state index in [4.69, 9.17) is 11.6 Å². The fourth-order valence-corrected chi connectivity index (χ4v) is 6.14. The SMILES string of the molecule is CN(Cc1ccc(Cl)cc1)CC12CC3CC(CC(C3)C1)C2. The van der Waals surface area contributed by atoms with Crippen molar-refractivity contribution in [1.82, 2.24) is 4.90 Å². The highest BCUT2D eigenvalue weighted by Crippen LogP contribution is 2.60. The summed E-state index contributed by atoms with van der Waals surface area (Å²) in [7, 11) is 2.30. The van der Waals surface area contributed by atoms with Crippen LogP contribution in [0.3, 0.4) is 0 Å². The van der Waals surface area contributed by atoms with Gasteiger partial charge in [-0.25, -0.2) is 0 Å². The maximum atomic E-state index is 5.98. The normalized spacial score (nSPS) is 37.4. The van der Waals surface area contributed by atoms with E-state index in [0.29, 0.717) is 5.41 Å². The minimum absolute atomic E-state index is 0.649. The van der Waals surface area contributed by atoms with Crippen LogP contribution in [0.5, 0.6) is 0 Å². The first-order valence-corrected chi connectivity index (χ1v) is 8.91. The Morgan fingerprint density at radius 2 is 1.52 bits per heavy atom. The zero-order valence-corrected chi connectivity index (χ0v) is 13.8. The van der Waals surface area contributed by atoms with Crippen molar-refractivity contribution in [2.45, 2.75) is 45.1 Å². The fraction of sp³-hybridized carbons (Fsp3) is 0.684. The van der Waals surface area contributed by atoms with E-state index in [0.717, 1.165) is 29.3 Å². The van der Waals surface area contributed by atoms with Crippen LogP contribution < -0.4 is 0 Å². The van der Waals surface area contributed by atoms with Crippen LogP contribution in [0.25, 0.3) is 0 Å². The molecule has 0 N–H and O–H groups in total. The number of benzene rings is 1. The summed E-state index contributed by atoms with van der Waals surface area (Å²) in [5, 5.41) is 0.836. The average Bonchev–Trinajstić information content (AvgIpc) is 2.39. The summed E-state index contributed by atoms with van der Waals surface area (Å²) in [5.41, 5.74) is 2.03. The van der Waals surface area contributed by atoms with Crippen molar-refractivity contribution >= 4 is 11.6 Å². The minimum atomic E-state index is 0.649. The molecule has 0 heterocycles. The van der Waals surface area contributed by atoms with Gasteiger partial charge in [-0.15, -0.1) is 0 Å². The molecule has 4 aliphatic carbocycles. The Labute approximate surface area is 133 Å². The molecule has 1 nitrogen and oxygen atoms in total. The van der Waals surface area contributed by atoms with E-state index < -0.39 is 0 Å². The molecule has 5 rings (SSSR count). The van der Waals surface area contributed by atoms with Crippen LogP contribution in [-0.4, -0.2) is 18.5 Å². The highest BCUT2D eigenvalue weighted by molar-refractivity contribution is 6.30. The molecule has 0 spiro atoms. The highest BCUT2D eigenvalue weighted by Gasteiger charge is 2.50. The monoisotopic (exact) mass is 303 g/mol. The summed E-state index contributed by atoms with van der Waals surface area (Å²) in [5.74, 6) is 3.17. The van der Waals surface area contributed by atoms with Crippen LogP contribution in [0.2, 0.25) is 5.02 Å². The second-order valence-electron chi connectivity index (χ2n) is 8.22. The quantitative estimate of drug-likeness (QED) is 0.757. The summed E-state index contributed by atoms with van der Waals surface area (Å²) >= 11 is 5.98. The lowest BCUT2D eigenvalue weighted by Crippen LogP contribution is -2.50. The molecular weight excluding hydrogens is 278 g/mol. The first-order valence-electron chi connectivity index (χ1n) is 8.53. The molecule has 0 aromatic heterocycles. The van der Waals surface area contributed by atoms with Crippen molar-refractivity contribution in [2.24, 2.45) is 23.2 Å². The molecule has 0 saturated heterocycles. The van der Waals surface area contributed by atoms with Crippen LogP contribution in [0.1, 0.15) is 44.1 Å². The Kier molecular flexibility index (Phi) is 3.54. The van der Waals surface area contributed by atoms with Gasteiger partial charge in [-0.05, 0) is 86.4 Å². The number of nitrogens with zero attached hydrogens (tertiary/aromatic N) is 1. The molecule has 1 aromatic carbocycles. The van der Waals surface area contributed by atoms with Gasteiger partial charge in [0.25, 0.3) is 0 Å². The summed E-state index contributed by atoms with van der Waals surface area (Å²) in [6.07, 6.45) is 9.14. The van der Waals surface area contributed by atoms with Crippen molar-refractivity contribution in [3.8, 4) is 0 Å². The smallest absolute Gasteiger partial charge is 0.0406 e. The lowest BCUT2D eigenvalue weighted by atomic mass is 9.49. The summed E-state index contributed by atoms with van der Waals surface area (Å²) in [4.78, 5) is 2.55. The van der Waals surface area contributed by atoms with Crippen molar-refractivity contribution in [2.75, 3.05) is 13.6 Å². The maximum absolute atomic E-state index is 5.98. The molecule has 2 heteroatoms. The summed E-state index contributed by atoms with van der Waals surface area (Å²) in [6.45, 7) is 2.35. The maximum Gasteiger partial charge on any atom is 0.0406 e. The summed E-state index contributed by atoms with van der Waals surface area (Å²) in [6, 6.07) is 8.35. The van der Waals surface area contributed by atoms with Gasteiger partial charge in [-0.3, -0.25) is 0 Å². The molecule has 4 fully saturated rings. The molecule has 0 radical (unpaired) electrons. The second kappa shape index (κ2) is 5.28. The van der Waals surface area contributed by atoms with Gasteiger partial charge in [-0.1, -0.05) is 23.7 Å². The molecule has 4 saturated carbocycles. The molecule has 4 bridgehead atoms. The Hall–Kier alpha value is -0.530. The van der Waals surface area contributed by atoms with Crippen molar-refractivity contribution in [3.63, 3.8) is 0 Å². The fourth-order valence-electron chi connectivity index (χ4n) is 6.01. The van der Waals surface area contributed by atoms with E-state index in [1.165, 1.54) is 31.4 Å². The molecule has 0 atom stereocenters. The highest BCUT2D eigenvalue weighted by atomic mass is 35.5. The van der Waals surface area contributed by atoms with Gasteiger partial charge < -0.3 is 4.90 Å². The van der Waals surface area contributed by atoms with Crippen LogP contribution in [0.15, 0.2) is 24.3 Å². The molecule has 0 unspecified atom stereocenters. The van der Waals surface area contributed by atoms with Gasteiger partial charge in [0, 0.05) is 18.1 Å². The third-order valence-electron chi connectivity index (χ3n) is 6.14. The van der Waals surface area contributed by atoms with Crippen molar-refractivity contribution in [1.29, 1.82) is 0 Å². The van der Waals surface area contributed by atoms with E-state index in [-0.39, 0.29) is 0 Å². The van der Waals surface area contributed by atoms with Crippen LogP contribution in [-0.2, 0) is 6.54 Å². The number of rotatable bonds is 4. The number of hydrogen-bond acceptors (Lipinski definition) is 1. The van der Waals surface area contributed by atoms with E-state index in [9.17, 15) is 0 Å². The first-order chi connectivity index (χ1) is 10.1. The third kappa shape index (κ3) is 2.87. The Morgan fingerprint density at radius 1 is 1.00 bits per heavy atom. The lowest BCUT2D eigenvalue weighted by molar-refractivity contribution is -0.0670. The average molecular weight is 304 g/mol. The van der Waals surface area contributed by atoms with Crippen LogP contribution >= 0.6 is 11.6 Å². The van der Waals surface area contributed by atoms with Crippen LogP contribution in [0.4, 0.5) is 0 Å². The first kappa shape index (κ1) is 14.1. The van der Waals surface area contributed by atoms with Crippen LogP contribution in [0, 0.1) is 23.2 Å². The van der Waals surface area contributed by atoms with E-state index in [2.05, 4.69) is 24.1 Å². The van der Waals surface area contributed by atoms with Gasteiger partial charge in [0.2, 0.25) is 0 Å². The Balaban J connectivity index is 1.42. The minimum Gasteiger partial charge on any atom is -0.302 e. The van der Waals surface area contributed by atoms with E-state index in [1.54, 1.807) is 19.3 Å². The molecule has 0 aliphatic heterocycles. The molecule has 21 heavy (non-hydrogen) atoms. The van der Waals surface area contributed by atoms with Crippen molar-refractivity contribution in [3.05, 3.63) is 34.9 Å². The lowest BCUT2D eigenvalue weighted by Gasteiger charge is -2.57. The largest absolute Gasteiger partial charge is 0.302 e. The van der Waals surface area contributed by atoms with E-state index >= 15 is 0 Å². The standard InChI is InChI=1S/C19H26ClN/c1-21(12-14-2-4-18(20)5-3-14)13-19-9-15-6-16(10-19)8-17(7-15)11-19/h2-5,15-17H,6-13H2,1H3. The topological polar surface area (TPSA) is 3.24 Å². The predicted octanol–water partition coefficient (Wildman–Crippen LogP) is 4.99. The number of hydrogen-bond donors (Lipinski definition) is 0. The van der Waals surface area contributed by atoms with Gasteiger partial charge >= 0.3 is 0 Å². The molecule has 1 aromatic rings. The molecule has 0 amide bonds.